The first-order chi connectivity index (χ1) is 13.5. The molecule has 1 atom stereocenters. The summed E-state index contributed by atoms with van der Waals surface area (Å²) in [5.41, 5.74) is 1.07. The fourth-order valence-electron chi connectivity index (χ4n) is 4.76. The third-order valence-corrected chi connectivity index (χ3v) is 6.39. The highest BCUT2D eigenvalue weighted by Gasteiger charge is 2.33. The van der Waals surface area contributed by atoms with E-state index in [1.165, 1.54) is 39.1 Å². The van der Waals surface area contributed by atoms with Crippen molar-refractivity contribution >= 4 is 0 Å². The van der Waals surface area contributed by atoms with Crippen LogP contribution in [-0.2, 0) is 6.54 Å². The van der Waals surface area contributed by atoms with E-state index in [-0.39, 0.29) is 12.4 Å². The van der Waals surface area contributed by atoms with Crippen LogP contribution in [0.1, 0.15) is 38.7 Å². The van der Waals surface area contributed by atoms with E-state index in [0.29, 0.717) is 23.9 Å². The Labute approximate surface area is 169 Å². The number of piperidine rings is 1. The van der Waals surface area contributed by atoms with Gasteiger partial charge in [0.25, 0.3) is 0 Å². The summed E-state index contributed by atoms with van der Waals surface area (Å²) in [5.74, 6) is -0.0121. The minimum atomic E-state index is -0.318. The molecule has 6 heteroatoms. The van der Waals surface area contributed by atoms with Crippen molar-refractivity contribution < 1.29 is 14.2 Å². The van der Waals surface area contributed by atoms with Crippen LogP contribution in [0.5, 0.6) is 5.75 Å². The Morgan fingerprint density at radius 1 is 1.18 bits per heavy atom. The van der Waals surface area contributed by atoms with Crippen molar-refractivity contribution in [3.63, 3.8) is 0 Å². The van der Waals surface area contributed by atoms with Crippen molar-refractivity contribution in [1.82, 2.24) is 14.7 Å². The van der Waals surface area contributed by atoms with E-state index in [9.17, 15) is 9.50 Å². The highest BCUT2D eigenvalue weighted by atomic mass is 19.1. The maximum atomic E-state index is 13.7. The molecule has 3 rings (SSSR count). The molecule has 1 unspecified atom stereocenters. The van der Waals surface area contributed by atoms with Gasteiger partial charge in [-0.2, -0.15) is 0 Å². The Hall–Kier alpha value is -1.21. The van der Waals surface area contributed by atoms with Crippen LogP contribution in [0.3, 0.4) is 0 Å². The van der Waals surface area contributed by atoms with Crippen LogP contribution in [0.25, 0.3) is 0 Å². The fraction of sp³-hybridized carbons (Fsp3) is 0.727. The maximum Gasteiger partial charge on any atom is 0.165 e. The summed E-state index contributed by atoms with van der Waals surface area (Å²) in [6.07, 6.45) is 3.25. The van der Waals surface area contributed by atoms with Gasteiger partial charge in [-0.05, 0) is 63.9 Å². The highest BCUT2D eigenvalue weighted by molar-refractivity contribution is 5.30. The number of aliphatic hydroxyl groups is 1. The van der Waals surface area contributed by atoms with Crippen LogP contribution >= 0.6 is 0 Å². The standard InChI is InChI=1S/C22H36FN3O2/c1-17(2)25-9-6-19(7-10-25)26-12-11-24(16-20(26)8-13-27)15-18-4-5-21(23)22(14-18)28-3/h4-5,14,17,19-20,27H,6-13,15-16H2,1-3H3. The number of ether oxygens (including phenoxy) is 1. The van der Waals surface area contributed by atoms with Crippen molar-refractivity contribution in [2.75, 3.05) is 46.4 Å². The molecule has 0 spiro atoms. The molecule has 2 aliphatic heterocycles. The predicted octanol–water partition coefficient (Wildman–Crippen LogP) is 2.58. The van der Waals surface area contributed by atoms with E-state index in [1.807, 2.05) is 6.07 Å². The number of piperazine rings is 1. The molecular weight excluding hydrogens is 357 g/mol. The molecule has 1 aromatic rings. The van der Waals surface area contributed by atoms with Crippen molar-refractivity contribution in [3.05, 3.63) is 29.6 Å². The van der Waals surface area contributed by atoms with Gasteiger partial charge in [-0.1, -0.05) is 6.07 Å². The van der Waals surface area contributed by atoms with Crippen molar-refractivity contribution in [2.45, 2.75) is 57.8 Å². The summed E-state index contributed by atoms with van der Waals surface area (Å²) in [6.45, 7) is 10.9. The summed E-state index contributed by atoms with van der Waals surface area (Å²) in [6, 6.07) is 6.75. The van der Waals surface area contributed by atoms with Gasteiger partial charge in [0.05, 0.1) is 7.11 Å². The molecule has 0 saturated carbocycles. The number of hydrogen-bond donors (Lipinski definition) is 1. The zero-order chi connectivity index (χ0) is 20.1. The van der Waals surface area contributed by atoms with Crippen molar-refractivity contribution in [1.29, 1.82) is 0 Å². The quantitative estimate of drug-likeness (QED) is 0.771. The van der Waals surface area contributed by atoms with E-state index < -0.39 is 0 Å². The van der Waals surface area contributed by atoms with E-state index >= 15 is 0 Å². The fourth-order valence-corrected chi connectivity index (χ4v) is 4.76. The average molecular weight is 394 g/mol. The number of benzene rings is 1. The Morgan fingerprint density at radius 3 is 2.57 bits per heavy atom. The predicted molar refractivity (Wildman–Crippen MR) is 110 cm³/mol. The molecule has 0 aliphatic carbocycles. The third-order valence-electron chi connectivity index (χ3n) is 6.39. The Morgan fingerprint density at radius 2 is 1.93 bits per heavy atom. The lowest BCUT2D eigenvalue weighted by atomic mass is 9.97. The molecule has 2 aliphatic rings. The second-order valence-corrected chi connectivity index (χ2v) is 8.47. The van der Waals surface area contributed by atoms with Crippen molar-refractivity contribution in [3.8, 4) is 5.75 Å². The SMILES string of the molecule is COc1cc(CN2CCN(C3CCN(C(C)C)CC3)C(CCO)C2)ccc1F. The van der Waals surface area contributed by atoms with E-state index in [4.69, 9.17) is 4.74 Å². The Kier molecular flexibility index (Phi) is 7.69. The zero-order valence-electron chi connectivity index (χ0n) is 17.6. The smallest absolute Gasteiger partial charge is 0.165 e. The van der Waals surface area contributed by atoms with Crippen LogP contribution in [-0.4, -0.2) is 84.4 Å². The van der Waals surface area contributed by atoms with Crippen molar-refractivity contribution in [2.24, 2.45) is 0 Å². The lowest BCUT2D eigenvalue weighted by Crippen LogP contribution is -2.58. The number of aliphatic hydroxyl groups excluding tert-OH is 1. The van der Waals surface area contributed by atoms with Gasteiger partial charge in [-0.15, -0.1) is 0 Å². The molecule has 2 saturated heterocycles. The number of likely N-dealkylation sites (tertiary alicyclic amines) is 1. The second-order valence-electron chi connectivity index (χ2n) is 8.47. The van der Waals surface area contributed by atoms with Crippen LogP contribution < -0.4 is 4.74 Å². The summed E-state index contributed by atoms with van der Waals surface area (Å²) in [4.78, 5) is 7.64. The molecule has 28 heavy (non-hydrogen) atoms. The Balaban J connectivity index is 1.59. The molecule has 0 amide bonds. The minimum absolute atomic E-state index is 0.226. The molecule has 1 N–H and O–H groups in total. The highest BCUT2D eigenvalue weighted by Crippen LogP contribution is 2.26. The normalized spacial score (nSPS) is 23.4. The van der Waals surface area contributed by atoms with Gasteiger partial charge in [-0.25, -0.2) is 4.39 Å². The molecule has 0 aromatic heterocycles. The Bertz CT molecular complexity index is 620. The zero-order valence-corrected chi connectivity index (χ0v) is 17.6. The first-order valence-electron chi connectivity index (χ1n) is 10.7. The molecule has 2 fully saturated rings. The number of nitrogens with zero attached hydrogens (tertiary/aromatic N) is 3. The summed E-state index contributed by atoms with van der Waals surface area (Å²) in [5, 5.41) is 9.61. The van der Waals surface area contributed by atoms with E-state index in [1.54, 1.807) is 6.07 Å². The topological polar surface area (TPSA) is 39.2 Å². The van der Waals surface area contributed by atoms with Gasteiger partial charge in [0.1, 0.15) is 0 Å². The second kappa shape index (κ2) is 10.0. The van der Waals surface area contributed by atoms with Crippen LogP contribution in [0.15, 0.2) is 18.2 Å². The first kappa shape index (κ1) is 21.5. The lowest BCUT2D eigenvalue weighted by molar-refractivity contribution is -0.0000463. The lowest BCUT2D eigenvalue weighted by Gasteiger charge is -2.48. The summed E-state index contributed by atoms with van der Waals surface area (Å²) >= 11 is 0. The molecule has 1 aromatic carbocycles. The molecule has 5 nitrogen and oxygen atoms in total. The van der Waals surface area contributed by atoms with Gasteiger partial charge in [-0.3, -0.25) is 9.80 Å². The van der Waals surface area contributed by atoms with Gasteiger partial charge in [0.2, 0.25) is 0 Å². The molecule has 0 bridgehead atoms. The summed E-state index contributed by atoms with van der Waals surface area (Å²) in [7, 11) is 1.50. The number of halogens is 1. The minimum Gasteiger partial charge on any atom is -0.494 e. The maximum absolute atomic E-state index is 13.7. The van der Waals surface area contributed by atoms with Gasteiger partial charge >= 0.3 is 0 Å². The number of rotatable bonds is 7. The van der Waals surface area contributed by atoms with Crippen LogP contribution in [0.2, 0.25) is 0 Å². The molecule has 158 valence electrons. The average Bonchev–Trinajstić information content (AvgIpc) is 2.70. The van der Waals surface area contributed by atoms with Gasteiger partial charge < -0.3 is 14.7 Å². The molecule has 0 radical (unpaired) electrons. The van der Waals surface area contributed by atoms with E-state index in [2.05, 4.69) is 28.5 Å². The van der Waals surface area contributed by atoms with Gasteiger partial charge in [0, 0.05) is 50.9 Å². The monoisotopic (exact) mass is 393 g/mol. The largest absolute Gasteiger partial charge is 0.494 e. The molecule has 2 heterocycles. The van der Waals surface area contributed by atoms with E-state index in [0.717, 1.165) is 38.2 Å². The van der Waals surface area contributed by atoms with Crippen LogP contribution in [0, 0.1) is 5.82 Å². The van der Waals surface area contributed by atoms with Gasteiger partial charge in [0.15, 0.2) is 11.6 Å². The first-order valence-corrected chi connectivity index (χ1v) is 10.7. The van der Waals surface area contributed by atoms with Crippen LogP contribution in [0.4, 0.5) is 4.39 Å². The number of hydrogen-bond acceptors (Lipinski definition) is 5. The molecular formula is C22H36FN3O2. The summed E-state index contributed by atoms with van der Waals surface area (Å²) < 4.78 is 18.8. The number of methoxy groups -OCH3 is 1. The third kappa shape index (κ3) is 5.23.